The number of hydrogen-bond donors (Lipinski definition) is 1. The van der Waals surface area contributed by atoms with Crippen LogP contribution in [0.2, 0.25) is 0 Å². The Morgan fingerprint density at radius 3 is 2.71 bits per heavy atom. The molecule has 1 amide bonds. The lowest BCUT2D eigenvalue weighted by atomic mass is 9.89. The summed E-state index contributed by atoms with van der Waals surface area (Å²) in [5, 5.41) is 14.4. The molecule has 1 saturated carbocycles. The van der Waals surface area contributed by atoms with Gasteiger partial charge in [-0.1, -0.05) is 19.3 Å². The molecule has 6 heteroatoms. The van der Waals surface area contributed by atoms with E-state index in [1.807, 2.05) is 4.90 Å². The van der Waals surface area contributed by atoms with Crippen molar-refractivity contribution < 1.29 is 9.90 Å². The molecule has 0 spiro atoms. The Morgan fingerprint density at radius 1 is 1.21 bits per heavy atom. The molecule has 2 fully saturated rings. The van der Waals surface area contributed by atoms with E-state index in [-0.39, 0.29) is 5.91 Å². The van der Waals surface area contributed by atoms with Crippen molar-refractivity contribution >= 4 is 5.91 Å². The van der Waals surface area contributed by atoms with Gasteiger partial charge in [-0.3, -0.25) is 9.48 Å². The average Bonchev–Trinajstić information content (AvgIpc) is 2.90. The van der Waals surface area contributed by atoms with Crippen molar-refractivity contribution in [1.82, 2.24) is 19.6 Å². The van der Waals surface area contributed by atoms with Crippen molar-refractivity contribution in [2.45, 2.75) is 44.6 Å². The molecule has 1 aromatic heterocycles. The summed E-state index contributed by atoms with van der Waals surface area (Å²) in [6.07, 6.45) is 10.0. The molecule has 1 atom stereocenters. The van der Waals surface area contributed by atoms with Crippen molar-refractivity contribution in [2.75, 3.05) is 32.7 Å². The quantitative estimate of drug-likeness (QED) is 0.908. The van der Waals surface area contributed by atoms with Gasteiger partial charge < -0.3 is 14.9 Å². The van der Waals surface area contributed by atoms with Gasteiger partial charge in [-0.2, -0.15) is 5.10 Å². The normalized spacial score (nSPS) is 22.3. The summed E-state index contributed by atoms with van der Waals surface area (Å²) in [4.78, 5) is 16.9. The summed E-state index contributed by atoms with van der Waals surface area (Å²) in [7, 11) is 1.79. The first kappa shape index (κ1) is 17.4. The zero-order valence-corrected chi connectivity index (χ0v) is 14.7. The minimum Gasteiger partial charge on any atom is -0.378 e. The van der Waals surface area contributed by atoms with E-state index in [1.165, 1.54) is 38.6 Å². The van der Waals surface area contributed by atoms with E-state index in [1.54, 1.807) is 24.1 Å². The van der Waals surface area contributed by atoms with Gasteiger partial charge in [-0.15, -0.1) is 0 Å². The summed E-state index contributed by atoms with van der Waals surface area (Å²) in [5.74, 6) is 0.643. The van der Waals surface area contributed by atoms with Crippen LogP contribution < -0.4 is 0 Å². The van der Waals surface area contributed by atoms with Gasteiger partial charge in [0.1, 0.15) is 0 Å². The number of carbonyl (C=O) groups is 1. The first-order valence-corrected chi connectivity index (χ1v) is 9.31. The maximum atomic E-state index is 12.6. The van der Waals surface area contributed by atoms with Crippen LogP contribution in [0.1, 0.15) is 50.2 Å². The van der Waals surface area contributed by atoms with Gasteiger partial charge in [0.2, 0.25) is 0 Å². The fraction of sp³-hybridized carbons (Fsp3) is 0.778. The Hall–Kier alpha value is -1.40. The molecule has 0 aromatic carbocycles. The molecule has 1 saturated heterocycles. The number of aliphatic hydroxyl groups is 1. The molecular weight excluding hydrogens is 304 g/mol. The molecule has 1 unspecified atom stereocenters. The molecule has 1 N–H and O–H groups in total. The Labute approximate surface area is 144 Å². The first-order chi connectivity index (χ1) is 11.6. The van der Waals surface area contributed by atoms with Crippen molar-refractivity contribution in [2.24, 2.45) is 13.0 Å². The molecule has 0 radical (unpaired) electrons. The molecular formula is C18H30N4O2. The largest absolute Gasteiger partial charge is 0.378 e. The average molecular weight is 334 g/mol. The van der Waals surface area contributed by atoms with Gasteiger partial charge in [0.25, 0.3) is 5.91 Å². The summed E-state index contributed by atoms with van der Waals surface area (Å²) in [6.45, 7) is 4.60. The summed E-state index contributed by atoms with van der Waals surface area (Å²) >= 11 is 0. The van der Waals surface area contributed by atoms with Gasteiger partial charge in [0.05, 0.1) is 6.20 Å². The summed E-state index contributed by atoms with van der Waals surface area (Å²) < 4.78 is 1.61. The van der Waals surface area contributed by atoms with Crippen molar-refractivity contribution in [3.05, 3.63) is 18.0 Å². The highest BCUT2D eigenvalue weighted by Gasteiger charge is 2.27. The zero-order chi connectivity index (χ0) is 16.9. The Kier molecular flexibility index (Phi) is 5.89. The third-order valence-electron chi connectivity index (χ3n) is 5.42. The van der Waals surface area contributed by atoms with Gasteiger partial charge in [0, 0.05) is 45.0 Å². The highest BCUT2D eigenvalue weighted by atomic mass is 16.3. The number of nitrogens with zero attached hydrogens (tertiary/aromatic N) is 4. The second kappa shape index (κ2) is 8.12. The summed E-state index contributed by atoms with van der Waals surface area (Å²) in [5.41, 5.74) is 0.575. The van der Waals surface area contributed by atoms with E-state index in [0.717, 1.165) is 32.0 Å². The minimum absolute atomic E-state index is 0.192. The van der Waals surface area contributed by atoms with Crippen LogP contribution in [0, 0.1) is 5.92 Å². The van der Waals surface area contributed by atoms with E-state index in [2.05, 4.69) is 10.00 Å². The van der Waals surface area contributed by atoms with Crippen molar-refractivity contribution in [3.8, 4) is 0 Å². The topological polar surface area (TPSA) is 61.6 Å². The minimum atomic E-state index is -1.09. The van der Waals surface area contributed by atoms with Crippen LogP contribution >= 0.6 is 0 Å². The van der Waals surface area contributed by atoms with E-state index in [0.29, 0.717) is 12.1 Å². The van der Waals surface area contributed by atoms with Crippen LogP contribution in [-0.2, 0) is 11.8 Å². The molecule has 6 nitrogen and oxygen atoms in total. The molecule has 1 aromatic rings. The van der Waals surface area contributed by atoms with Gasteiger partial charge in [-0.05, 0) is 31.7 Å². The lowest BCUT2D eigenvalue weighted by molar-refractivity contribution is -0.140. The first-order valence-electron chi connectivity index (χ1n) is 9.31. The molecule has 1 aliphatic heterocycles. The molecule has 24 heavy (non-hydrogen) atoms. The SMILES string of the molecule is Cn1cc(C(O)C(=O)N2CCCN(CC3CCCCC3)CC2)cn1. The van der Waals surface area contributed by atoms with Crippen LogP contribution in [0.3, 0.4) is 0 Å². The molecule has 134 valence electrons. The Bertz CT molecular complexity index is 539. The van der Waals surface area contributed by atoms with Crippen LogP contribution in [0.25, 0.3) is 0 Å². The molecule has 3 rings (SSSR count). The molecule has 1 aliphatic carbocycles. The second-order valence-electron chi connectivity index (χ2n) is 7.33. The second-order valence-corrected chi connectivity index (χ2v) is 7.33. The number of aromatic nitrogens is 2. The zero-order valence-electron chi connectivity index (χ0n) is 14.7. The van der Waals surface area contributed by atoms with Crippen LogP contribution in [0.5, 0.6) is 0 Å². The van der Waals surface area contributed by atoms with E-state index in [4.69, 9.17) is 0 Å². The third-order valence-corrected chi connectivity index (χ3v) is 5.42. The number of amides is 1. The van der Waals surface area contributed by atoms with Crippen LogP contribution in [0.4, 0.5) is 0 Å². The van der Waals surface area contributed by atoms with E-state index in [9.17, 15) is 9.90 Å². The standard InChI is InChI=1S/C18H30N4O2/c1-20-14-16(12-19-20)17(23)18(24)22-9-5-8-21(10-11-22)13-15-6-3-2-4-7-15/h12,14-15,17,23H,2-11,13H2,1H3. The summed E-state index contributed by atoms with van der Waals surface area (Å²) in [6, 6.07) is 0. The predicted molar refractivity (Wildman–Crippen MR) is 92.4 cm³/mol. The Morgan fingerprint density at radius 2 is 2.00 bits per heavy atom. The fourth-order valence-electron chi connectivity index (χ4n) is 4.01. The lowest BCUT2D eigenvalue weighted by Crippen LogP contribution is -2.39. The number of carbonyl (C=O) groups excluding carboxylic acids is 1. The van der Waals surface area contributed by atoms with Crippen molar-refractivity contribution in [1.29, 1.82) is 0 Å². The van der Waals surface area contributed by atoms with Gasteiger partial charge in [-0.25, -0.2) is 0 Å². The molecule has 2 aliphatic rings. The van der Waals surface area contributed by atoms with Crippen LogP contribution in [0.15, 0.2) is 12.4 Å². The number of aryl methyl sites for hydroxylation is 1. The van der Waals surface area contributed by atoms with E-state index >= 15 is 0 Å². The number of hydrogen-bond acceptors (Lipinski definition) is 4. The van der Waals surface area contributed by atoms with E-state index < -0.39 is 6.10 Å². The number of aliphatic hydroxyl groups excluding tert-OH is 1. The predicted octanol–water partition coefficient (Wildman–Crippen LogP) is 1.57. The van der Waals surface area contributed by atoms with Gasteiger partial charge in [0.15, 0.2) is 6.10 Å². The molecule has 2 heterocycles. The van der Waals surface area contributed by atoms with Crippen LogP contribution in [-0.4, -0.2) is 63.3 Å². The number of rotatable bonds is 4. The highest BCUT2D eigenvalue weighted by Crippen LogP contribution is 2.25. The fourth-order valence-corrected chi connectivity index (χ4v) is 4.01. The maximum Gasteiger partial charge on any atom is 0.256 e. The monoisotopic (exact) mass is 334 g/mol. The third kappa shape index (κ3) is 4.36. The maximum absolute atomic E-state index is 12.6. The van der Waals surface area contributed by atoms with Gasteiger partial charge >= 0.3 is 0 Å². The van der Waals surface area contributed by atoms with Crippen molar-refractivity contribution in [3.63, 3.8) is 0 Å². The Balaban J connectivity index is 1.51. The highest BCUT2D eigenvalue weighted by molar-refractivity contribution is 5.82. The lowest BCUT2D eigenvalue weighted by Gasteiger charge is -2.29. The smallest absolute Gasteiger partial charge is 0.256 e. The molecule has 0 bridgehead atoms.